The van der Waals surface area contributed by atoms with Gasteiger partial charge in [0.25, 0.3) is 0 Å². The van der Waals surface area contributed by atoms with E-state index in [1.165, 1.54) is 0 Å². The molecule has 0 atom stereocenters. The average molecular weight is 375 g/mol. The molecule has 1 aromatic heterocycles. The molecule has 0 saturated heterocycles. The number of nitrogens with one attached hydrogen (secondary N) is 2. The molecule has 25 heavy (non-hydrogen) atoms. The summed E-state index contributed by atoms with van der Waals surface area (Å²) in [6, 6.07) is 14.6. The van der Waals surface area contributed by atoms with E-state index in [1.54, 1.807) is 25.3 Å². The number of anilines is 4. The molecule has 0 aliphatic rings. The standard InChI is InChI=1S/C18H16Cl2N4O/c1-11-9-17(22-14-5-3-4-6-16(14)25-2)24-18(21-11)23-15-10-12(19)7-8-13(15)20/h3-10H,1-2H3,(H2,21,22,23,24). The Morgan fingerprint density at radius 2 is 1.72 bits per heavy atom. The minimum absolute atomic E-state index is 0.418. The van der Waals surface area contributed by atoms with Gasteiger partial charge >= 0.3 is 0 Å². The van der Waals surface area contributed by atoms with E-state index < -0.39 is 0 Å². The Bertz CT molecular complexity index is 902. The second-order valence-corrected chi connectivity index (χ2v) is 6.14. The Hall–Kier alpha value is -2.50. The molecule has 128 valence electrons. The topological polar surface area (TPSA) is 59.1 Å². The second-order valence-electron chi connectivity index (χ2n) is 5.29. The average Bonchev–Trinajstić information content (AvgIpc) is 2.58. The number of rotatable bonds is 5. The third-order valence-electron chi connectivity index (χ3n) is 3.40. The van der Waals surface area contributed by atoms with Gasteiger partial charge in [0.05, 0.1) is 23.5 Å². The molecule has 0 unspecified atom stereocenters. The van der Waals surface area contributed by atoms with Crippen molar-refractivity contribution < 1.29 is 4.74 Å². The molecule has 0 aliphatic heterocycles. The molecule has 0 amide bonds. The van der Waals surface area contributed by atoms with Crippen LogP contribution in [0.4, 0.5) is 23.1 Å². The van der Waals surface area contributed by atoms with Gasteiger partial charge in [0.15, 0.2) is 0 Å². The molecule has 3 aromatic rings. The number of benzene rings is 2. The van der Waals surface area contributed by atoms with E-state index in [1.807, 2.05) is 37.3 Å². The Labute approximate surface area is 156 Å². The number of hydrogen-bond acceptors (Lipinski definition) is 5. The lowest BCUT2D eigenvalue weighted by atomic mass is 10.3. The van der Waals surface area contributed by atoms with Crippen molar-refractivity contribution in [2.75, 3.05) is 17.7 Å². The second kappa shape index (κ2) is 7.59. The molecule has 0 spiro atoms. The van der Waals surface area contributed by atoms with Gasteiger partial charge in [-0.15, -0.1) is 0 Å². The Morgan fingerprint density at radius 3 is 2.52 bits per heavy atom. The van der Waals surface area contributed by atoms with Gasteiger partial charge in [0, 0.05) is 16.8 Å². The number of aryl methyl sites for hydroxylation is 1. The monoisotopic (exact) mass is 374 g/mol. The maximum atomic E-state index is 6.19. The van der Waals surface area contributed by atoms with Gasteiger partial charge in [0.2, 0.25) is 5.95 Å². The Kier molecular flexibility index (Phi) is 5.26. The lowest BCUT2D eigenvalue weighted by Gasteiger charge is -2.13. The molecule has 2 N–H and O–H groups in total. The van der Waals surface area contributed by atoms with E-state index in [-0.39, 0.29) is 0 Å². The van der Waals surface area contributed by atoms with Crippen molar-refractivity contribution in [2.45, 2.75) is 6.92 Å². The van der Waals surface area contributed by atoms with Crippen LogP contribution in [0.1, 0.15) is 5.69 Å². The Morgan fingerprint density at radius 1 is 0.920 bits per heavy atom. The molecule has 0 bridgehead atoms. The largest absolute Gasteiger partial charge is 0.495 e. The fourth-order valence-corrected chi connectivity index (χ4v) is 2.63. The van der Waals surface area contributed by atoms with Gasteiger partial charge in [-0.2, -0.15) is 4.98 Å². The third-order valence-corrected chi connectivity index (χ3v) is 3.96. The van der Waals surface area contributed by atoms with Crippen LogP contribution in [-0.2, 0) is 0 Å². The van der Waals surface area contributed by atoms with Gasteiger partial charge in [-0.05, 0) is 37.3 Å². The van der Waals surface area contributed by atoms with E-state index in [0.29, 0.717) is 27.5 Å². The number of nitrogens with zero attached hydrogens (tertiary/aromatic N) is 2. The summed E-state index contributed by atoms with van der Waals surface area (Å²) < 4.78 is 5.35. The predicted molar refractivity (Wildman–Crippen MR) is 103 cm³/mol. The zero-order valence-corrected chi connectivity index (χ0v) is 15.2. The lowest BCUT2D eigenvalue weighted by Crippen LogP contribution is -2.03. The zero-order valence-electron chi connectivity index (χ0n) is 13.7. The highest BCUT2D eigenvalue weighted by atomic mass is 35.5. The molecular formula is C18H16Cl2N4O. The molecule has 5 nitrogen and oxygen atoms in total. The van der Waals surface area contributed by atoms with Crippen molar-refractivity contribution in [3.63, 3.8) is 0 Å². The summed E-state index contributed by atoms with van der Waals surface area (Å²) in [6.07, 6.45) is 0. The van der Waals surface area contributed by atoms with Crippen molar-refractivity contribution in [2.24, 2.45) is 0 Å². The normalized spacial score (nSPS) is 10.4. The summed E-state index contributed by atoms with van der Waals surface area (Å²) in [5.41, 5.74) is 2.26. The van der Waals surface area contributed by atoms with E-state index in [2.05, 4.69) is 20.6 Å². The summed E-state index contributed by atoms with van der Waals surface area (Å²) >= 11 is 12.2. The van der Waals surface area contributed by atoms with Crippen molar-refractivity contribution in [3.8, 4) is 5.75 Å². The fraction of sp³-hybridized carbons (Fsp3) is 0.111. The number of para-hydroxylation sites is 2. The van der Waals surface area contributed by atoms with Gasteiger partial charge in [-0.1, -0.05) is 35.3 Å². The molecule has 0 saturated carbocycles. The number of halogens is 2. The lowest BCUT2D eigenvalue weighted by molar-refractivity contribution is 0.417. The van der Waals surface area contributed by atoms with Gasteiger partial charge < -0.3 is 15.4 Å². The molecule has 1 heterocycles. The highest BCUT2D eigenvalue weighted by molar-refractivity contribution is 6.35. The molecule has 0 radical (unpaired) electrons. The Balaban J connectivity index is 1.89. The first-order chi connectivity index (χ1) is 12.0. The molecule has 2 aromatic carbocycles. The fourth-order valence-electron chi connectivity index (χ4n) is 2.29. The van der Waals surface area contributed by atoms with Crippen LogP contribution < -0.4 is 15.4 Å². The quantitative estimate of drug-likeness (QED) is 0.609. The maximum absolute atomic E-state index is 6.19. The first-order valence-electron chi connectivity index (χ1n) is 7.53. The number of methoxy groups -OCH3 is 1. The van der Waals surface area contributed by atoms with Gasteiger partial charge in [-0.3, -0.25) is 0 Å². The number of ether oxygens (including phenoxy) is 1. The van der Waals surface area contributed by atoms with Crippen LogP contribution in [0.15, 0.2) is 48.5 Å². The van der Waals surface area contributed by atoms with Crippen molar-refractivity contribution in [3.05, 3.63) is 64.3 Å². The summed E-state index contributed by atoms with van der Waals surface area (Å²) in [7, 11) is 1.62. The van der Waals surface area contributed by atoms with Crippen molar-refractivity contribution in [1.29, 1.82) is 0 Å². The predicted octanol–water partition coefficient (Wildman–Crippen LogP) is 5.59. The molecule has 0 fully saturated rings. The third kappa shape index (κ3) is 4.32. The van der Waals surface area contributed by atoms with Crippen molar-refractivity contribution in [1.82, 2.24) is 9.97 Å². The number of aromatic nitrogens is 2. The summed E-state index contributed by atoms with van der Waals surface area (Å²) in [5.74, 6) is 1.78. The SMILES string of the molecule is COc1ccccc1Nc1cc(C)nc(Nc2cc(Cl)ccc2Cl)n1. The van der Waals surface area contributed by atoms with Crippen LogP contribution in [0.25, 0.3) is 0 Å². The first-order valence-corrected chi connectivity index (χ1v) is 8.28. The maximum Gasteiger partial charge on any atom is 0.229 e. The molecule has 7 heteroatoms. The highest BCUT2D eigenvalue weighted by Crippen LogP contribution is 2.29. The minimum Gasteiger partial charge on any atom is -0.495 e. The highest BCUT2D eigenvalue weighted by Gasteiger charge is 2.08. The summed E-state index contributed by atoms with van der Waals surface area (Å²) in [5, 5.41) is 7.45. The minimum atomic E-state index is 0.418. The number of hydrogen-bond donors (Lipinski definition) is 2. The molecular weight excluding hydrogens is 359 g/mol. The smallest absolute Gasteiger partial charge is 0.229 e. The van der Waals surface area contributed by atoms with Crippen LogP contribution in [-0.4, -0.2) is 17.1 Å². The van der Waals surface area contributed by atoms with E-state index in [4.69, 9.17) is 27.9 Å². The molecule has 0 aliphatic carbocycles. The molecule has 3 rings (SSSR count). The van der Waals surface area contributed by atoms with E-state index >= 15 is 0 Å². The summed E-state index contributed by atoms with van der Waals surface area (Å²) in [6.45, 7) is 1.89. The zero-order chi connectivity index (χ0) is 17.8. The van der Waals surface area contributed by atoms with Gasteiger partial charge in [-0.25, -0.2) is 4.98 Å². The van der Waals surface area contributed by atoms with Crippen LogP contribution >= 0.6 is 23.2 Å². The van der Waals surface area contributed by atoms with Gasteiger partial charge in [0.1, 0.15) is 11.6 Å². The first kappa shape index (κ1) is 17.3. The van der Waals surface area contributed by atoms with E-state index in [0.717, 1.165) is 17.1 Å². The summed E-state index contributed by atoms with van der Waals surface area (Å²) in [4.78, 5) is 8.87. The van der Waals surface area contributed by atoms with Crippen molar-refractivity contribution >= 4 is 46.3 Å². The van der Waals surface area contributed by atoms with E-state index in [9.17, 15) is 0 Å². The van der Waals surface area contributed by atoms with Crippen LogP contribution in [0.5, 0.6) is 5.75 Å². The van der Waals surface area contributed by atoms with Crippen LogP contribution in [0.2, 0.25) is 10.0 Å². The van der Waals surface area contributed by atoms with Crippen LogP contribution in [0.3, 0.4) is 0 Å². The van der Waals surface area contributed by atoms with Crippen LogP contribution in [0, 0.1) is 6.92 Å².